The summed E-state index contributed by atoms with van der Waals surface area (Å²) < 4.78 is 14.7. The zero-order chi connectivity index (χ0) is 14.4. The molecule has 0 atom stereocenters. The molecule has 6 heteroatoms. The van der Waals surface area contributed by atoms with Crippen molar-refractivity contribution in [3.05, 3.63) is 23.2 Å². The van der Waals surface area contributed by atoms with Gasteiger partial charge in [-0.2, -0.15) is 0 Å². The molecule has 19 heavy (non-hydrogen) atoms. The molecule has 6 nitrogen and oxygen atoms in total. The summed E-state index contributed by atoms with van der Waals surface area (Å²) in [6, 6.07) is 1.77. The second kappa shape index (κ2) is 6.94. The Hall–Kier alpha value is -1.82. The van der Waals surface area contributed by atoms with Gasteiger partial charge in [-0.3, -0.25) is 9.69 Å². The maximum atomic E-state index is 11.4. The standard InChI is InChI=1S/C13H19NO5/c1-5-14(8-11(15)17-3)7-10-6-9(2)12(19-10)13(16)18-4/h6H,5,7-8H2,1-4H3. The number of carbonyl (C=O) groups is 2. The molecular formula is C13H19NO5. The van der Waals surface area contributed by atoms with Crippen LogP contribution in [0.4, 0.5) is 0 Å². The van der Waals surface area contributed by atoms with E-state index in [4.69, 9.17) is 4.42 Å². The smallest absolute Gasteiger partial charge is 0.374 e. The minimum Gasteiger partial charge on any atom is -0.468 e. The van der Waals surface area contributed by atoms with E-state index in [1.807, 2.05) is 11.8 Å². The van der Waals surface area contributed by atoms with Crippen molar-refractivity contribution in [3.8, 4) is 0 Å². The average molecular weight is 269 g/mol. The summed E-state index contributed by atoms with van der Waals surface area (Å²) in [7, 11) is 2.65. The minimum atomic E-state index is -0.500. The summed E-state index contributed by atoms with van der Waals surface area (Å²) in [6.45, 7) is 4.99. The highest BCUT2D eigenvalue weighted by Gasteiger charge is 2.18. The van der Waals surface area contributed by atoms with Gasteiger partial charge in [0.2, 0.25) is 5.76 Å². The molecule has 1 rings (SSSR count). The maximum Gasteiger partial charge on any atom is 0.374 e. The highest BCUT2D eigenvalue weighted by atomic mass is 16.5. The summed E-state index contributed by atoms with van der Waals surface area (Å²) in [5.41, 5.74) is 0.718. The lowest BCUT2D eigenvalue weighted by Gasteiger charge is -2.17. The van der Waals surface area contributed by atoms with Gasteiger partial charge in [-0.1, -0.05) is 6.92 Å². The lowest BCUT2D eigenvalue weighted by molar-refractivity contribution is -0.142. The molecule has 1 aromatic heterocycles. The van der Waals surface area contributed by atoms with Crippen LogP contribution in [0.25, 0.3) is 0 Å². The Morgan fingerprint density at radius 1 is 1.32 bits per heavy atom. The topological polar surface area (TPSA) is 69.0 Å². The molecular weight excluding hydrogens is 250 g/mol. The molecule has 0 saturated heterocycles. The summed E-state index contributed by atoms with van der Waals surface area (Å²) >= 11 is 0. The van der Waals surface area contributed by atoms with E-state index in [2.05, 4.69) is 9.47 Å². The van der Waals surface area contributed by atoms with E-state index in [1.165, 1.54) is 14.2 Å². The molecule has 106 valence electrons. The van der Waals surface area contributed by atoms with Gasteiger partial charge in [-0.25, -0.2) is 4.79 Å². The Labute approximate surface area is 112 Å². The number of aryl methyl sites for hydroxylation is 1. The van der Waals surface area contributed by atoms with Crippen LogP contribution >= 0.6 is 0 Å². The van der Waals surface area contributed by atoms with Crippen LogP contribution < -0.4 is 0 Å². The number of ether oxygens (including phenoxy) is 2. The molecule has 0 unspecified atom stereocenters. The number of likely N-dealkylation sites (N-methyl/N-ethyl adjacent to an activating group) is 1. The number of methoxy groups -OCH3 is 2. The van der Waals surface area contributed by atoms with Crippen LogP contribution in [0.3, 0.4) is 0 Å². The number of esters is 2. The molecule has 0 aliphatic rings. The van der Waals surface area contributed by atoms with Gasteiger partial charge in [0.25, 0.3) is 0 Å². The highest BCUT2D eigenvalue weighted by molar-refractivity contribution is 5.87. The van der Waals surface area contributed by atoms with E-state index >= 15 is 0 Å². The third-order valence-corrected chi connectivity index (χ3v) is 2.75. The first-order valence-electron chi connectivity index (χ1n) is 5.98. The Bertz CT molecular complexity index is 452. The van der Waals surface area contributed by atoms with Crippen LogP contribution in [0, 0.1) is 6.92 Å². The lowest BCUT2D eigenvalue weighted by Crippen LogP contribution is -2.29. The van der Waals surface area contributed by atoms with Crippen LogP contribution in [0.5, 0.6) is 0 Å². The van der Waals surface area contributed by atoms with Crippen molar-refractivity contribution in [1.29, 1.82) is 0 Å². The molecule has 0 radical (unpaired) electrons. The van der Waals surface area contributed by atoms with Crippen molar-refractivity contribution in [2.45, 2.75) is 20.4 Å². The highest BCUT2D eigenvalue weighted by Crippen LogP contribution is 2.17. The van der Waals surface area contributed by atoms with E-state index in [1.54, 1.807) is 13.0 Å². The van der Waals surface area contributed by atoms with Gasteiger partial charge < -0.3 is 13.9 Å². The molecule has 0 fully saturated rings. The Morgan fingerprint density at radius 3 is 2.53 bits per heavy atom. The van der Waals surface area contributed by atoms with Crippen molar-refractivity contribution in [2.24, 2.45) is 0 Å². The Kier molecular flexibility index (Phi) is 5.57. The number of hydrogen-bond donors (Lipinski definition) is 0. The summed E-state index contributed by atoms with van der Waals surface area (Å²) in [5.74, 6) is 0.00774. The molecule has 0 N–H and O–H groups in total. The summed E-state index contributed by atoms with van der Waals surface area (Å²) in [4.78, 5) is 24.5. The van der Waals surface area contributed by atoms with Gasteiger partial charge in [0, 0.05) is 5.56 Å². The van der Waals surface area contributed by atoms with E-state index in [0.717, 1.165) is 5.56 Å². The van der Waals surface area contributed by atoms with Gasteiger partial charge >= 0.3 is 11.9 Å². The van der Waals surface area contributed by atoms with Crippen molar-refractivity contribution >= 4 is 11.9 Å². The molecule has 0 spiro atoms. The largest absolute Gasteiger partial charge is 0.468 e. The molecule has 0 saturated carbocycles. The molecule has 1 aromatic rings. The van der Waals surface area contributed by atoms with Gasteiger partial charge in [-0.05, 0) is 19.5 Å². The predicted molar refractivity (Wildman–Crippen MR) is 67.8 cm³/mol. The normalized spacial score (nSPS) is 10.6. The van der Waals surface area contributed by atoms with E-state index in [-0.39, 0.29) is 18.3 Å². The first-order valence-corrected chi connectivity index (χ1v) is 5.98. The number of carbonyl (C=O) groups excluding carboxylic acids is 2. The van der Waals surface area contributed by atoms with Gasteiger partial charge in [-0.15, -0.1) is 0 Å². The maximum absolute atomic E-state index is 11.4. The molecule has 1 heterocycles. The molecule has 0 aromatic carbocycles. The van der Waals surface area contributed by atoms with Gasteiger partial charge in [0.05, 0.1) is 27.3 Å². The zero-order valence-electron chi connectivity index (χ0n) is 11.7. The number of furan rings is 1. The first-order chi connectivity index (χ1) is 9.01. The third-order valence-electron chi connectivity index (χ3n) is 2.75. The molecule has 0 aliphatic heterocycles. The third kappa shape index (κ3) is 4.10. The van der Waals surface area contributed by atoms with Crippen LogP contribution in [0.1, 0.15) is 28.8 Å². The fourth-order valence-electron chi connectivity index (χ4n) is 1.67. The van der Waals surface area contributed by atoms with Crippen LogP contribution in [-0.4, -0.2) is 44.1 Å². The Morgan fingerprint density at radius 2 is 2.00 bits per heavy atom. The molecule has 0 amide bonds. The second-order valence-corrected chi connectivity index (χ2v) is 4.10. The number of rotatable bonds is 6. The molecule has 0 bridgehead atoms. The van der Waals surface area contributed by atoms with Crippen molar-refractivity contribution in [1.82, 2.24) is 4.90 Å². The quantitative estimate of drug-likeness (QED) is 0.726. The van der Waals surface area contributed by atoms with Gasteiger partial charge in [0.1, 0.15) is 5.76 Å². The zero-order valence-corrected chi connectivity index (χ0v) is 11.7. The lowest BCUT2D eigenvalue weighted by atomic mass is 10.2. The monoisotopic (exact) mass is 269 g/mol. The fourth-order valence-corrected chi connectivity index (χ4v) is 1.67. The minimum absolute atomic E-state index is 0.181. The summed E-state index contributed by atoms with van der Waals surface area (Å²) in [5, 5.41) is 0. The summed E-state index contributed by atoms with van der Waals surface area (Å²) in [6.07, 6.45) is 0. The van der Waals surface area contributed by atoms with Gasteiger partial charge in [0.15, 0.2) is 0 Å². The Balaban J connectivity index is 2.75. The SMILES string of the molecule is CCN(CC(=O)OC)Cc1cc(C)c(C(=O)OC)o1. The number of hydrogen-bond acceptors (Lipinski definition) is 6. The van der Waals surface area contributed by atoms with E-state index < -0.39 is 5.97 Å². The first kappa shape index (κ1) is 15.2. The predicted octanol–water partition coefficient (Wildman–Crippen LogP) is 1.37. The van der Waals surface area contributed by atoms with Crippen molar-refractivity contribution < 1.29 is 23.5 Å². The van der Waals surface area contributed by atoms with E-state index in [9.17, 15) is 9.59 Å². The number of nitrogens with zero attached hydrogens (tertiary/aromatic N) is 1. The second-order valence-electron chi connectivity index (χ2n) is 4.10. The molecule has 0 aliphatic carbocycles. The average Bonchev–Trinajstić information content (AvgIpc) is 2.77. The van der Waals surface area contributed by atoms with E-state index in [0.29, 0.717) is 18.8 Å². The van der Waals surface area contributed by atoms with Crippen LogP contribution in [0.15, 0.2) is 10.5 Å². The van der Waals surface area contributed by atoms with Crippen molar-refractivity contribution in [3.63, 3.8) is 0 Å². The van der Waals surface area contributed by atoms with Crippen LogP contribution in [0.2, 0.25) is 0 Å². The fraction of sp³-hybridized carbons (Fsp3) is 0.538. The van der Waals surface area contributed by atoms with Crippen molar-refractivity contribution in [2.75, 3.05) is 27.3 Å². The van der Waals surface area contributed by atoms with Crippen LogP contribution in [-0.2, 0) is 20.8 Å².